The molecule has 0 aliphatic rings. The van der Waals surface area contributed by atoms with Crippen molar-refractivity contribution in [1.29, 1.82) is 0 Å². The molecule has 1 N–H and O–H groups in total. The molecule has 3 aromatic rings. The van der Waals surface area contributed by atoms with Crippen molar-refractivity contribution in [3.63, 3.8) is 0 Å². The SMILES string of the molecule is O=C(CCc1nc(CS(=O)(=O)c2ccc(F)cc2)no1)Nc1ccc(F)cc1F. The van der Waals surface area contributed by atoms with Gasteiger partial charge >= 0.3 is 0 Å². The number of aromatic nitrogens is 2. The lowest BCUT2D eigenvalue weighted by atomic mass is 10.2. The van der Waals surface area contributed by atoms with Crippen molar-refractivity contribution in [3.8, 4) is 0 Å². The molecule has 1 amide bonds. The zero-order chi connectivity index (χ0) is 21.0. The van der Waals surface area contributed by atoms with Crippen LogP contribution in [0.3, 0.4) is 0 Å². The predicted molar refractivity (Wildman–Crippen MR) is 94.9 cm³/mol. The number of nitrogens with zero attached hydrogens (tertiary/aromatic N) is 2. The molecule has 11 heteroatoms. The van der Waals surface area contributed by atoms with Crippen LogP contribution in [0.15, 0.2) is 51.9 Å². The van der Waals surface area contributed by atoms with Crippen molar-refractivity contribution in [2.24, 2.45) is 0 Å². The first kappa shape index (κ1) is 20.5. The molecule has 0 radical (unpaired) electrons. The number of benzene rings is 2. The maximum absolute atomic E-state index is 13.5. The Labute approximate surface area is 163 Å². The van der Waals surface area contributed by atoms with Crippen LogP contribution >= 0.6 is 0 Å². The Hall–Kier alpha value is -3.21. The lowest BCUT2D eigenvalue weighted by Gasteiger charge is -2.05. The van der Waals surface area contributed by atoms with Crippen LogP contribution in [-0.4, -0.2) is 24.5 Å². The summed E-state index contributed by atoms with van der Waals surface area (Å²) in [7, 11) is -3.80. The number of halogens is 3. The van der Waals surface area contributed by atoms with E-state index < -0.39 is 38.9 Å². The molecule has 0 bridgehead atoms. The van der Waals surface area contributed by atoms with E-state index in [2.05, 4.69) is 15.5 Å². The minimum atomic E-state index is -3.80. The van der Waals surface area contributed by atoms with Crippen LogP contribution < -0.4 is 5.32 Å². The van der Waals surface area contributed by atoms with Gasteiger partial charge in [-0.2, -0.15) is 4.98 Å². The third-order valence-electron chi connectivity index (χ3n) is 3.77. The summed E-state index contributed by atoms with van der Waals surface area (Å²) in [6.07, 6.45) is -0.165. The van der Waals surface area contributed by atoms with Gasteiger partial charge < -0.3 is 9.84 Å². The number of nitrogens with one attached hydrogen (secondary N) is 1. The molecule has 0 atom stereocenters. The highest BCUT2D eigenvalue weighted by Crippen LogP contribution is 2.17. The van der Waals surface area contributed by atoms with E-state index in [0.29, 0.717) is 6.07 Å². The van der Waals surface area contributed by atoms with Gasteiger partial charge in [0, 0.05) is 18.9 Å². The van der Waals surface area contributed by atoms with E-state index in [-0.39, 0.29) is 35.1 Å². The highest BCUT2D eigenvalue weighted by atomic mass is 32.2. The number of hydrogen-bond acceptors (Lipinski definition) is 6. The lowest BCUT2D eigenvalue weighted by molar-refractivity contribution is -0.116. The topological polar surface area (TPSA) is 102 Å². The average Bonchev–Trinajstić information content (AvgIpc) is 3.09. The number of amides is 1. The molecule has 0 aliphatic heterocycles. The monoisotopic (exact) mass is 425 g/mol. The summed E-state index contributed by atoms with van der Waals surface area (Å²) in [5.74, 6) is -3.48. The molecule has 0 unspecified atom stereocenters. The fraction of sp³-hybridized carbons (Fsp3) is 0.167. The lowest BCUT2D eigenvalue weighted by Crippen LogP contribution is -2.13. The second-order valence-electron chi connectivity index (χ2n) is 5.99. The van der Waals surface area contributed by atoms with Crippen LogP contribution in [0, 0.1) is 17.5 Å². The number of carbonyl (C=O) groups excluding carboxylic acids is 1. The van der Waals surface area contributed by atoms with Crippen LogP contribution in [0.1, 0.15) is 18.1 Å². The molecule has 0 fully saturated rings. The van der Waals surface area contributed by atoms with Gasteiger partial charge in [0.25, 0.3) is 0 Å². The van der Waals surface area contributed by atoms with E-state index in [9.17, 15) is 26.4 Å². The van der Waals surface area contributed by atoms with Crippen molar-refractivity contribution in [3.05, 3.63) is 71.6 Å². The van der Waals surface area contributed by atoms with Gasteiger partial charge in [0.1, 0.15) is 23.2 Å². The van der Waals surface area contributed by atoms with Crippen molar-refractivity contribution < 1.29 is 30.9 Å². The molecule has 7 nitrogen and oxygen atoms in total. The molecule has 2 aromatic carbocycles. The first-order valence-corrected chi connectivity index (χ1v) is 9.93. The Kier molecular flexibility index (Phi) is 5.97. The molecule has 152 valence electrons. The molecule has 3 rings (SSSR count). The van der Waals surface area contributed by atoms with E-state index >= 15 is 0 Å². The van der Waals surface area contributed by atoms with Gasteiger partial charge in [-0.25, -0.2) is 21.6 Å². The molecule has 0 saturated heterocycles. The summed E-state index contributed by atoms with van der Waals surface area (Å²) >= 11 is 0. The molecular formula is C18H14F3N3O4S. The van der Waals surface area contributed by atoms with E-state index in [1.807, 2.05) is 0 Å². The van der Waals surface area contributed by atoms with E-state index in [1.54, 1.807) is 0 Å². The van der Waals surface area contributed by atoms with Gasteiger partial charge in [-0.1, -0.05) is 5.16 Å². The number of hydrogen-bond donors (Lipinski definition) is 1. The second-order valence-corrected chi connectivity index (χ2v) is 7.98. The number of carbonyl (C=O) groups is 1. The summed E-state index contributed by atoms with van der Waals surface area (Å²) in [5, 5.41) is 5.84. The zero-order valence-electron chi connectivity index (χ0n) is 14.7. The predicted octanol–water partition coefficient (Wildman–Crippen LogP) is 3.03. The standard InChI is InChI=1S/C18H14F3N3O4S/c19-11-1-4-13(5-2-11)29(26,27)10-16-23-18(28-24-16)8-7-17(25)22-15-6-3-12(20)9-14(15)21/h1-6,9H,7-8,10H2,(H,22,25). The van der Waals surface area contributed by atoms with Crippen molar-refractivity contribution in [2.45, 2.75) is 23.5 Å². The summed E-state index contributed by atoms with van der Waals surface area (Å²) in [6.45, 7) is 0. The largest absolute Gasteiger partial charge is 0.339 e. The minimum absolute atomic E-state index is 0.0156. The Bertz CT molecular complexity index is 1130. The minimum Gasteiger partial charge on any atom is -0.339 e. The molecule has 1 heterocycles. The molecule has 1 aromatic heterocycles. The zero-order valence-corrected chi connectivity index (χ0v) is 15.5. The first-order chi connectivity index (χ1) is 13.7. The van der Waals surface area contributed by atoms with Gasteiger partial charge in [0.2, 0.25) is 11.8 Å². The number of rotatable bonds is 7. The Morgan fingerprint density at radius 1 is 1.03 bits per heavy atom. The fourth-order valence-electron chi connectivity index (χ4n) is 2.37. The van der Waals surface area contributed by atoms with E-state index in [1.165, 1.54) is 0 Å². The molecule has 0 spiro atoms. The fourth-order valence-corrected chi connectivity index (χ4v) is 3.54. The van der Waals surface area contributed by atoms with Crippen LogP contribution in [0.4, 0.5) is 18.9 Å². The van der Waals surface area contributed by atoms with Crippen LogP contribution in [0.5, 0.6) is 0 Å². The van der Waals surface area contributed by atoms with Crippen LogP contribution in [-0.2, 0) is 26.8 Å². The maximum atomic E-state index is 13.5. The molecule has 0 aliphatic carbocycles. The summed E-state index contributed by atoms with van der Waals surface area (Å²) in [6, 6.07) is 7.04. The summed E-state index contributed by atoms with van der Waals surface area (Å²) in [4.78, 5) is 15.7. The van der Waals surface area contributed by atoms with Gasteiger partial charge in [0.05, 0.1) is 10.6 Å². The van der Waals surface area contributed by atoms with Gasteiger partial charge in [-0.3, -0.25) is 4.79 Å². The quantitative estimate of drug-likeness (QED) is 0.584. The van der Waals surface area contributed by atoms with Gasteiger partial charge in [0.15, 0.2) is 15.7 Å². The Morgan fingerprint density at radius 3 is 2.41 bits per heavy atom. The molecule has 29 heavy (non-hydrogen) atoms. The smallest absolute Gasteiger partial charge is 0.227 e. The average molecular weight is 425 g/mol. The Morgan fingerprint density at radius 2 is 1.72 bits per heavy atom. The van der Waals surface area contributed by atoms with Crippen molar-refractivity contribution in [1.82, 2.24) is 10.1 Å². The summed E-state index contributed by atoms with van der Waals surface area (Å²) in [5.41, 5.74) is -0.173. The van der Waals surface area contributed by atoms with Crippen molar-refractivity contribution >= 4 is 21.4 Å². The highest BCUT2D eigenvalue weighted by molar-refractivity contribution is 7.90. The third kappa shape index (κ3) is 5.41. The number of sulfone groups is 1. The van der Waals surface area contributed by atoms with Gasteiger partial charge in [-0.15, -0.1) is 0 Å². The highest BCUT2D eigenvalue weighted by Gasteiger charge is 2.20. The Balaban J connectivity index is 1.57. The van der Waals surface area contributed by atoms with Crippen LogP contribution in [0.25, 0.3) is 0 Å². The van der Waals surface area contributed by atoms with Gasteiger partial charge in [-0.05, 0) is 36.4 Å². The maximum Gasteiger partial charge on any atom is 0.227 e. The van der Waals surface area contributed by atoms with Crippen LogP contribution in [0.2, 0.25) is 0 Å². The molecule has 0 saturated carbocycles. The number of anilines is 1. The molecular weight excluding hydrogens is 411 g/mol. The summed E-state index contributed by atoms with van der Waals surface area (Å²) < 4.78 is 68.8. The normalized spacial score (nSPS) is 11.4. The van der Waals surface area contributed by atoms with Crippen molar-refractivity contribution in [2.75, 3.05) is 5.32 Å². The third-order valence-corrected chi connectivity index (χ3v) is 5.40. The first-order valence-electron chi connectivity index (χ1n) is 8.27. The van der Waals surface area contributed by atoms with E-state index in [0.717, 1.165) is 36.4 Å². The number of aryl methyl sites for hydroxylation is 1. The van der Waals surface area contributed by atoms with E-state index in [4.69, 9.17) is 4.52 Å². The second kappa shape index (κ2) is 8.43.